The second kappa shape index (κ2) is 16.2. The van der Waals surface area contributed by atoms with Crippen LogP contribution in [0.5, 0.6) is 0 Å². The van der Waals surface area contributed by atoms with Crippen LogP contribution >= 0.6 is 11.8 Å². The molecule has 0 heterocycles. The van der Waals surface area contributed by atoms with Gasteiger partial charge in [-0.2, -0.15) is 11.8 Å². The predicted molar refractivity (Wildman–Crippen MR) is 143 cm³/mol. The number of carbonyl (C=O) groups is 4. The van der Waals surface area contributed by atoms with Crippen LogP contribution in [0.1, 0.15) is 52.5 Å². The van der Waals surface area contributed by atoms with Gasteiger partial charge in [0.25, 0.3) is 0 Å². The number of hydrogen-bond donors (Lipinski definition) is 5. The minimum Gasteiger partial charge on any atom is -0.480 e. The molecule has 3 amide bonds. The van der Waals surface area contributed by atoms with E-state index in [0.717, 1.165) is 5.56 Å². The summed E-state index contributed by atoms with van der Waals surface area (Å²) in [7, 11) is 0. The van der Waals surface area contributed by atoms with Crippen LogP contribution in [0.4, 0.5) is 0 Å². The summed E-state index contributed by atoms with van der Waals surface area (Å²) >= 11 is 1.49. The Kier molecular flexibility index (Phi) is 14.2. The summed E-state index contributed by atoms with van der Waals surface area (Å²) in [6.45, 7) is 7.45. The third kappa shape index (κ3) is 10.2. The summed E-state index contributed by atoms with van der Waals surface area (Å²) < 4.78 is 0. The van der Waals surface area contributed by atoms with Crippen molar-refractivity contribution >= 4 is 35.5 Å². The second-order valence-electron chi connectivity index (χ2n) is 9.22. The zero-order valence-corrected chi connectivity index (χ0v) is 22.8. The van der Waals surface area contributed by atoms with E-state index in [0.29, 0.717) is 25.0 Å². The van der Waals surface area contributed by atoms with Crippen LogP contribution in [0.15, 0.2) is 30.3 Å². The maximum atomic E-state index is 13.3. The minimum atomic E-state index is -1.12. The molecule has 10 heteroatoms. The van der Waals surface area contributed by atoms with E-state index in [-0.39, 0.29) is 18.3 Å². The lowest BCUT2D eigenvalue weighted by Crippen LogP contribution is -2.60. The zero-order valence-electron chi connectivity index (χ0n) is 22.0. The highest BCUT2D eigenvalue weighted by Crippen LogP contribution is 2.13. The topological polar surface area (TPSA) is 151 Å². The van der Waals surface area contributed by atoms with Gasteiger partial charge in [0.05, 0.1) is 6.04 Å². The number of aliphatic carboxylic acids is 1. The van der Waals surface area contributed by atoms with Gasteiger partial charge in [0.1, 0.15) is 18.1 Å². The van der Waals surface area contributed by atoms with Gasteiger partial charge in [0.15, 0.2) is 0 Å². The Bertz CT molecular complexity index is 854. The molecule has 0 fully saturated rings. The SMILES string of the molecule is CCC(C)C(NC(=O)C(N)Cc1ccccc1)C(=O)NC(C(=O)NC(CCSC)C(=O)O)C(C)CC. The second-order valence-corrected chi connectivity index (χ2v) is 10.2. The summed E-state index contributed by atoms with van der Waals surface area (Å²) in [5.41, 5.74) is 7.03. The summed E-state index contributed by atoms with van der Waals surface area (Å²) in [6, 6.07) is 5.65. The average molecular weight is 523 g/mol. The lowest BCUT2D eigenvalue weighted by molar-refractivity contribution is -0.142. The molecule has 6 N–H and O–H groups in total. The lowest BCUT2D eigenvalue weighted by atomic mass is 9.94. The number of benzene rings is 1. The number of carboxylic acid groups (broad SMARTS) is 1. The number of hydrogen-bond acceptors (Lipinski definition) is 6. The molecule has 1 rings (SSSR count). The van der Waals surface area contributed by atoms with Crippen molar-refractivity contribution in [3.63, 3.8) is 0 Å². The first-order valence-electron chi connectivity index (χ1n) is 12.5. The smallest absolute Gasteiger partial charge is 0.326 e. The monoisotopic (exact) mass is 522 g/mol. The van der Waals surface area contributed by atoms with E-state index < -0.39 is 47.9 Å². The van der Waals surface area contributed by atoms with Crippen LogP contribution in [0.2, 0.25) is 0 Å². The number of nitrogens with two attached hydrogens (primary N) is 1. The summed E-state index contributed by atoms with van der Waals surface area (Å²) in [4.78, 5) is 50.8. The number of thioether (sulfide) groups is 1. The van der Waals surface area contributed by atoms with Crippen LogP contribution < -0.4 is 21.7 Å². The van der Waals surface area contributed by atoms with Gasteiger partial charge in [0, 0.05) is 0 Å². The molecule has 0 aliphatic rings. The molecule has 0 radical (unpaired) electrons. The van der Waals surface area contributed by atoms with Crippen LogP contribution in [0.25, 0.3) is 0 Å². The van der Waals surface area contributed by atoms with E-state index in [9.17, 15) is 24.3 Å². The van der Waals surface area contributed by atoms with Crippen molar-refractivity contribution < 1.29 is 24.3 Å². The molecule has 0 aliphatic heterocycles. The van der Waals surface area contributed by atoms with Crippen LogP contribution in [-0.2, 0) is 25.6 Å². The Hall–Kier alpha value is -2.59. The molecule has 6 atom stereocenters. The van der Waals surface area contributed by atoms with Gasteiger partial charge in [-0.3, -0.25) is 14.4 Å². The standard InChI is InChI=1S/C26H42N4O5S/c1-6-16(3)21(24(32)28-20(26(34)35)13-14-36-5)30-25(33)22(17(4)7-2)29-23(31)19(27)15-18-11-9-8-10-12-18/h8-12,16-17,19-22H,6-7,13-15,27H2,1-5H3,(H,28,32)(H,29,31)(H,30,33)(H,34,35). The quantitative estimate of drug-likeness (QED) is 0.223. The first kappa shape index (κ1) is 31.4. The highest BCUT2D eigenvalue weighted by molar-refractivity contribution is 7.98. The van der Waals surface area contributed by atoms with Gasteiger partial charge >= 0.3 is 5.97 Å². The van der Waals surface area contributed by atoms with Crippen molar-refractivity contribution in [3.05, 3.63) is 35.9 Å². The number of nitrogens with one attached hydrogen (secondary N) is 3. The van der Waals surface area contributed by atoms with Gasteiger partial charge in [-0.25, -0.2) is 4.79 Å². The fourth-order valence-corrected chi connectivity index (χ4v) is 4.09. The van der Waals surface area contributed by atoms with E-state index in [1.54, 1.807) is 0 Å². The largest absolute Gasteiger partial charge is 0.480 e. The molecule has 0 aliphatic carbocycles. The first-order valence-corrected chi connectivity index (χ1v) is 13.9. The Balaban J connectivity index is 2.99. The van der Waals surface area contributed by atoms with Crippen molar-refractivity contribution in [3.8, 4) is 0 Å². The molecule has 36 heavy (non-hydrogen) atoms. The Morgan fingerprint density at radius 3 is 1.86 bits per heavy atom. The van der Waals surface area contributed by atoms with Gasteiger partial charge in [-0.1, -0.05) is 70.9 Å². The van der Waals surface area contributed by atoms with E-state index >= 15 is 0 Å². The molecule has 1 aromatic carbocycles. The Morgan fingerprint density at radius 2 is 1.39 bits per heavy atom. The molecular formula is C26H42N4O5S. The van der Waals surface area contributed by atoms with Crippen LogP contribution in [0.3, 0.4) is 0 Å². The number of carboxylic acids is 1. The Labute approximate surface area is 218 Å². The Morgan fingerprint density at radius 1 is 0.889 bits per heavy atom. The van der Waals surface area contributed by atoms with Gasteiger partial charge in [-0.15, -0.1) is 0 Å². The fourth-order valence-electron chi connectivity index (χ4n) is 3.62. The van der Waals surface area contributed by atoms with Crippen molar-refractivity contribution in [2.24, 2.45) is 17.6 Å². The van der Waals surface area contributed by atoms with E-state index in [1.165, 1.54) is 11.8 Å². The lowest BCUT2D eigenvalue weighted by Gasteiger charge is -2.30. The van der Waals surface area contributed by atoms with Crippen molar-refractivity contribution in [1.29, 1.82) is 0 Å². The summed E-state index contributed by atoms with van der Waals surface area (Å²) in [5, 5.41) is 17.6. The molecule has 9 nitrogen and oxygen atoms in total. The molecule has 0 aromatic heterocycles. The maximum absolute atomic E-state index is 13.3. The summed E-state index contributed by atoms with van der Waals surface area (Å²) in [6.07, 6.45) is 3.66. The third-order valence-electron chi connectivity index (χ3n) is 6.45. The maximum Gasteiger partial charge on any atom is 0.326 e. The van der Waals surface area contributed by atoms with Gasteiger partial charge in [-0.05, 0) is 42.2 Å². The minimum absolute atomic E-state index is 0.216. The van der Waals surface area contributed by atoms with Crippen molar-refractivity contribution in [2.75, 3.05) is 12.0 Å². The molecule has 202 valence electrons. The number of rotatable bonds is 16. The highest BCUT2D eigenvalue weighted by Gasteiger charge is 2.34. The van der Waals surface area contributed by atoms with Crippen LogP contribution in [-0.4, -0.2) is 65.0 Å². The van der Waals surface area contributed by atoms with Gasteiger partial charge in [0.2, 0.25) is 17.7 Å². The third-order valence-corrected chi connectivity index (χ3v) is 7.09. The normalized spacial score (nSPS) is 16.1. The average Bonchev–Trinajstić information content (AvgIpc) is 2.87. The summed E-state index contributed by atoms with van der Waals surface area (Å²) in [5.74, 6) is -2.52. The van der Waals surface area contributed by atoms with Crippen molar-refractivity contribution in [1.82, 2.24) is 16.0 Å². The highest BCUT2D eigenvalue weighted by atomic mass is 32.2. The molecule has 1 aromatic rings. The van der Waals surface area contributed by atoms with Crippen LogP contribution in [0, 0.1) is 11.8 Å². The number of carbonyl (C=O) groups excluding carboxylic acids is 3. The van der Waals surface area contributed by atoms with E-state index in [1.807, 2.05) is 64.3 Å². The van der Waals surface area contributed by atoms with E-state index in [2.05, 4.69) is 16.0 Å². The zero-order chi connectivity index (χ0) is 27.3. The molecule has 0 bridgehead atoms. The predicted octanol–water partition coefficient (Wildman–Crippen LogP) is 1.94. The first-order chi connectivity index (χ1) is 17.0. The molecular weight excluding hydrogens is 480 g/mol. The molecule has 0 saturated heterocycles. The molecule has 0 saturated carbocycles. The molecule has 0 spiro atoms. The number of amides is 3. The van der Waals surface area contributed by atoms with E-state index in [4.69, 9.17) is 5.73 Å². The van der Waals surface area contributed by atoms with Gasteiger partial charge < -0.3 is 26.8 Å². The fraction of sp³-hybridized carbons (Fsp3) is 0.615. The van der Waals surface area contributed by atoms with Crippen molar-refractivity contribution in [2.45, 2.75) is 77.5 Å². The molecule has 6 unspecified atom stereocenters.